The second-order valence-electron chi connectivity index (χ2n) is 7.95. The van der Waals surface area contributed by atoms with Gasteiger partial charge in [-0.3, -0.25) is 14.5 Å². The van der Waals surface area contributed by atoms with Crippen molar-refractivity contribution in [3.63, 3.8) is 0 Å². The predicted octanol–water partition coefficient (Wildman–Crippen LogP) is 1.73. The SMILES string of the molecule is COc1ccc(-c2n[nH]c3nc(N4CCC5(CCOC5)CC4)n(C)c(=O)c23)cn1. The van der Waals surface area contributed by atoms with Crippen LogP contribution in [-0.4, -0.2) is 58.1 Å². The topological polar surface area (TPSA) is 98.2 Å². The Morgan fingerprint density at radius 1 is 1.24 bits per heavy atom. The molecule has 0 atom stereocenters. The van der Waals surface area contributed by atoms with Crippen LogP contribution in [0.1, 0.15) is 19.3 Å². The molecule has 1 spiro atoms. The number of pyridine rings is 1. The number of hydrogen-bond donors (Lipinski definition) is 1. The van der Waals surface area contributed by atoms with Crippen LogP contribution in [-0.2, 0) is 11.8 Å². The van der Waals surface area contributed by atoms with Gasteiger partial charge in [-0.1, -0.05) is 0 Å². The largest absolute Gasteiger partial charge is 0.481 e. The maximum absolute atomic E-state index is 13.2. The summed E-state index contributed by atoms with van der Waals surface area (Å²) in [5.41, 5.74) is 1.98. The fraction of sp³-hybridized carbons (Fsp3) is 0.500. The lowest BCUT2D eigenvalue weighted by molar-refractivity contribution is 0.133. The molecule has 0 aromatic carbocycles. The van der Waals surface area contributed by atoms with E-state index < -0.39 is 0 Å². The molecule has 152 valence electrons. The van der Waals surface area contributed by atoms with Gasteiger partial charge in [0.25, 0.3) is 5.56 Å². The van der Waals surface area contributed by atoms with E-state index in [2.05, 4.69) is 20.1 Å². The van der Waals surface area contributed by atoms with Gasteiger partial charge in [0.2, 0.25) is 11.8 Å². The molecular formula is C20H24N6O3. The Labute approximate surface area is 167 Å². The minimum Gasteiger partial charge on any atom is -0.481 e. The average Bonchev–Trinajstić information content (AvgIpc) is 3.39. The molecule has 2 fully saturated rings. The fourth-order valence-corrected chi connectivity index (χ4v) is 4.41. The number of rotatable bonds is 3. The van der Waals surface area contributed by atoms with Crippen LogP contribution in [0.2, 0.25) is 0 Å². The van der Waals surface area contributed by atoms with Crippen LogP contribution in [0.15, 0.2) is 23.1 Å². The van der Waals surface area contributed by atoms with Crippen LogP contribution in [0.3, 0.4) is 0 Å². The van der Waals surface area contributed by atoms with Crippen LogP contribution in [0, 0.1) is 5.41 Å². The Kier molecular flexibility index (Phi) is 4.27. The zero-order valence-corrected chi connectivity index (χ0v) is 16.6. The maximum Gasteiger partial charge on any atom is 0.266 e. The molecule has 5 heterocycles. The van der Waals surface area contributed by atoms with E-state index in [1.807, 2.05) is 6.07 Å². The van der Waals surface area contributed by atoms with Crippen molar-refractivity contribution in [2.45, 2.75) is 19.3 Å². The van der Waals surface area contributed by atoms with E-state index in [-0.39, 0.29) is 5.56 Å². The van der Waals surface area contributed by atoms with Crippen LogP contribution in [0.5, 0.6) is 5.88 Å². The third kappa shape index (κ3) is 2.96. The number of aromatic nitrogens is 5. The van der Waals surface area contributed by atoms with Gasteiger partial charge in [-0.2, -0.15) is 10.1 Å². The first-order valence-corrected chi connectivity index (χ1v) is 9.88. The zero-order valence-electron chi connectivity index (χ0n) is 16.6. The molecule has 29 heavy (non-hydrogen) atoms. The molecule has 2 saturated heterocycles. The molecule has 9 heteroatoms. The van der Waals surface area contributed by atoms with Crippen molar-refractivity contribution in [1.82, 2.24) is 24.7 Å². The molecule has 0 bridgehead atoms. The van der Waals surface area contributed by atoms with E-state index in [9.17, 15) is 4.79 Å². The highest BCUT2D eigenvalue weighted by molar-refractivity contribution is 5.90. The van der Waals surface area contributed by atoms with Crippen LogP contribution in [0.4, 0.5) is 5.95 Å². The van der Waals surface area contributed by atoms with Gasteiger partial charge in [-0.15, -0.1) is 0 Å². The number of fused-ring (bicyclic) bond motifs is 1. The highest BCUT2D eigenvalue weighted by atomic mass is 16.5. The van der Waals surface area contributed by atoms with Crippen molar-refractivity contribution >= 4 is 17.0 Å². The monoisotopic (exact) mass is 396 g/mol. The summed E-state index contributed by atoms with van der Waals surface area (Å²) < 4.78 is 12.4. The molecule has 3 aromatic rings. The van der Waals surface area contributed by atoms with Crippen molar-refractivity contribution in [3.8, 4) is 17.1 Å². The molecular weight excluding hydrogens is 372 g/mol. The van der Waals surface area contributed by atoms with E-state index in [0.29, 0.717) is 34.0 Å². The van der Waals surface area contributed by atoms with E-state index in [0.717, 1.165) is 51.1 Å². The second kappa shape index (κ2) is 6.84. The molecule has 2 aliphatic heterocycles. The van der Waals surface area contributed by atoms with Crippen molar-refractivity contribution in [3.05, 3.63) is 28.7 Å². The minimum absolute atomic E-state index is 0.117. The lowest BCUT2D eigenvalue weighted by Gasteiger charge is -2.39. The van der Waals surface area contributed by atoms with Crippen molar-refractivity contribution in [1.29, 1.82) is 0 Å². The first-order valence-electron chi connectivity index (χ1n) is 9.88. The summed E-state index contributed by atoms with van der Waals surface area (Å²) in [6.45, 7) is 3.46. The van der Waals surface area contributed by atoms with E-state index in [1.54, 1.807) is 31.0 Å². The third-order valence-corrected chi connectivity index (χ3v) is 6.29. The van der Waals surface area contributed by atoms with Crippen molar-refractivity contribution < 1.29 is 9.47 Å². The highest BCUT2D eigenvalue weighted by Gasteiger charge is 2.38. The Morgan fingerprint density at radius 3 is 2.72 bits per heavy atom. The molecule has 0 aliphatic carbocycles. The number of ether oxygens (including phenoxy) is 2. The van der Waals surface area contributed by atoms with Gasteiger partial charge in [-0.05, 0) is 30.7 Å². The predicted molar refractivity (Wildman–Crippen MR) is 108 cm³/mol. The van der Waals surface area contributed by atoms with Gasteiger partial charge >= 0.3 is 0 Å². The average molecular weight is 396 g/mol. The van der Waals surface area contributed by atoms with Crippen molar-refractivity contribution in [2.75, 3.05) is 38.3 Å². The van der Waals surface area contributed by atoms with Gasteiger partial charge in [0, 0.05) is 44.6 Å². The summed E-state index contributed by atoms with van der Waals surface area (Å²) in [4.78, 5) is 24.3. The van der Waals surface area contributed by atoms with Gasteiger partial charge in [0.1, 0.15) is 11.1 Å². The molecule has 3 aromatic heterocycles. The Morgan fingerprint density at radius 2 is 2.07 bits per heavy atom. The third-order valence-electron chi connectivity index (χ3n) is 6.29. The molecule has 1 N–H and O–H groups in total. The number of nitrogens with one attached hydrogen (secondary N) is 1. The minimum atomic E-state index is -0.117. The number of hydrogen-bond acceptors (Lipinski definition) is 7. The van der Waals surface area contributed by atoms with Crippen LogP contribution < -0.4 is 15.2 Å². The van der Waals surface area contributed by atoms with E-state index in [4.69, 9.17) is 14.5 Å². The van der Waals surface area contributed by atoms with Crippen LogP contribution >= 0.6 is 0 Å². The molecule has 5 rings (SSSR count). The normalized spacial score (nSPS) is 18.6. The van der Waals surface area contributed by atoms with Crippen LogP contribution in [0.25, 0.3) is 22.3 Å². The summed E-state index contributed by atoms with van der Waals surface area (Å²) in [5, 5.41) is 7.75. The van der Waals surface area contributed by atoms with Gasteiger partial charge < -0.3 is 14.4 Å². The second-order valence-corrected chi connectivity index (χ2v) is 7.95. The Balaban J connectivity index is 1.49. The number of anilines is 1. The summed E-state index contributed by atoms with van der Waals surface area (Å²) in [6.07, 6.45) is 4.90. The zero-order chi connectivity index (χ0) is 20.0. The quantitative estimate of drug-likeness (QED) is 0.720. The molecule has 2 aliphatic rings. The number of nitrogens with zero attached hydrogens (tertiary/aromatic N) is 5. The molecule has 0 unspecified atom stereocenters. The molecule has 9 nitrogen and oxygen atoms in total. The van der Waals surface area contributed by atoms with Gasteiger partial charge in [0.05, 0.1) is 13.7 Å². The molecule has 0 radical (unpaired) electrons. The lowest BCUT2D eigenvalue weighted by Crippen LogP contribution is -2.43. The molecule has 0 saturated carbocycles. The molecule has 0 amide bonds. The van der Waals surface area contributed by atoms with Crippen molar-refractivity contribution in [2.24, 2.45) is 12.5 Å². The van der Waals surface area contributed by atoms with E-state index in [1.165, 1.54) is 0 Å². The highest BCUT2D eigenvalue weighted by Crippen LogP contribution is 2.39. The number of methoxy groups -OCH3 is 1. The fourth-order valence-electron chi connectivity index (χ4n) is 4.41. The van der Waals surface area contributed by atoms with Gasteiger partial charge in [0.15, 0.2) is 5.65 Å². The Bertz CT molecular complexity index is 1090. The van der Waals surface area contributed by atoms with E-state index >= 15 is 0 Å². The smallest absolute Gasteiger partial charge is 0.266 e. The summed E-state index contributed by atoms with van der Waals surface area (Å²) in [5.74, 6) is 1.19. The standard InChI is InChI=1S/C20H24N6O3/c1-25-18(27)15-16(13-3-4-14(28-2)21-11-13)23-24-17(15)22-19(25)26-8-5-20(6-9-26)7-10-29-12-20/h3-4,11H,5-10,12H2,1-2H3,(H,23,24). The first kappa shape index (κ1) is 18.1. The first-order chi connectivity index (χ1) is 14.1. The number of H-pyrrole nitrogens is 1. The Hall–Kier alpha value is -2.94. The summed E-state index contributed by atoms with van der Waals surface area (Å²) in [6, 6.07) is 3.58. The maximum atomic E-state index is 13.2. The number of aromatic amines is 1. The summed E-state index contributed by atoms with van der Waals surface area (Å²) in [7, 11) is 3.34. The van der Waals surface area contributed by atoms with Gasteiger partial charge in [-0.25, -0.2) is 4.98 Å². The lowest BCUT2D eigenvalue weighted by atomic mass is 9.78. The number of piperidine rings is 1. The summed E-state index contributed by atoms with van der Waals surface area (Å²) >= 11 is 0.